The highest BCUT2D eigenvalue weighted by molar-refractivity contribution is 5.12. The van der Waals surface area contributed by atoms with E-state index in [0.29, 0.717) is 16.2 Å². The van der Waals surface area contributed by atoms with Crippen molar-refractivity contribution in [3.05, 3.63) is 0 Å². The Labute approximate surface area is 107 Å². The lowest BCUT2D eigenvalue weighted by Gasteiger charge is -2.43. The Morgan fingerprint density at radius 2 is 1.71 bits per heavy atom. The molecule has 2 unspecified atom stereocenters. The standard InChI is InChI=1S/C16H29N/c1-14(2)8-12(14)10-17-13-15(3,4)11-6-7-16(13,5)9-11/h11-13,17H,6-10H2,1-5H3/t11-,12?,13?,16+/m0/s1. The summed E-state index contributed by atoms with van der Waals surface area (Å²) in [5.74, 6) is 1.90. The molecule has 3 aliphatic carbocycles. The van der Waals surface area contributed by atoms with E-state index in [4.69, 9.17) is 0 Å². The van der Waals surface area contributed by atoms with Gasteiger partial charge in [-0.25, -0.2) is 0 Å². The molecule has 0 spiro atoms. The van der Waals surface area contributed by atoms with Gasteiger partial charge >= 0.3 is 0 Å². The maximum Gasteiger partial charge on any atom is 0.0175 e. The largest absolute Gasteiger partial charge is 0.313 e. The third-order valence-corrected chi connectivity index (χ3v) is 6.56. The molecule has 0 aromatic rings. The summed E-state index contributed by atoms with van der Waals surface area (Å²) in [5.41, 5.74) is 1.73. The van der Waals surface area contributed by atoms with Crippen LogP contribution in [0.3, 0.4) is 0 Å². The summed E-state index contributed by atoms with van der Waals surface area (Å²) < 4.78 is 0. The van der Waals surface area contributed by atoms with Crippen molar-refractivity contribution in [2.75, 3.05) is 6.54 Å². The first-order valence-electron chi connectivity index (χ1n) is 7.49. The molecule has 3 fully saturated rings. The van der Waals surface area contributed by atoms with Gasteiger partial charge in [0, 0.05) is 6.04 Å². The lowest BCUT2D eigenvalue weighted by atomic mass is 9.68. The Kier molecular flexibility index (Phi) is 2.32. The van der Waals surface area contributed by atoms with E-state index in [1.165, 1.54) is 32.2 Å². The predicted octanol–water partition coefficient (Wildman–Crippen LogP) is 3.84. The fraction of sp³-hybridized carbons (Fsp3) is 1.00. The fourth-order valence-electron chi connectivity index (χ4n) is 5.00. The van der Waals surface area contributed by atoms with E-state index in [1.54, 1.807) is 0 Å². The van der Waals surface area contributed by atoms with Crippen molar-refractivity contribution in [1.82, 2.24) is 5.32 Å². The molecular weight excluding hydrogens is 206 g/mol. The van der Waals surface area contributed by atoms with Gasteiger partial charge < -0.3 is 5.32 Å². The molecule has 3 rings (SSSR count). The van der Waals surface area contributed by atoms with Crippen LogP contribution in [0.5, 0.6) is 0 Å². The van der Waals surface area contributed by atoms with Gasteiger partial charge in [-0.05, 0) is 60.3 Å². The summed E-state index contributed by atoms with van der Waals surface area (Å²) in [4.78, 5) is 0. The SMILES string of the molecule is CC1(C)CC1CNC1C(C)(C)[C@H]2CC[C@]1(C)C2. The van der Waals surface area contributed by atoms with Crippen molar-refractivity contribution in [2.24, 2.45) is 28.1 Å². The third kappa shape index (κ3) is 1.69. The Morgan fingerprint density at radius 1 is 1.06 bits per heavy atom. The van der Waals surface area contributed by atoms with E-state index >= 15 is 0 Å². The Morgan fingerprint density at radius 3 is 2.18 bits per heavy atom. The lowest BCUT2D eigenvalue weighted by Crippen LogP contribution is -2.51. The van der Waals surface area contributed by atoms with E-state index in [9.17, 15) is 0 Å². The summed E-state index contributed by atoms with van der Waals surface area (Å²) in [7, 11) is 0. The average Bonchev–Trinajstić information content (AvgIpc) is 2.54. The molecule has 0 amide bonds. The molecule has 0 aliphatic heterocycles. The van der Waals surface area contributed by atoms with Gasteiger partial charge in [-0.2, -0.15) is 0 Å². The molecule has 0 aromatic carbocycles. The van der Waals surface area contributed by atoms with E-state index in [0.717, 1.165) is 17.9 Å². The second kappa shape index (κ2) is 3.29. The molecule has 98 valence electrons. The molecule has 3 saturated carbocycles. The van der Waals surface area contributed by atoms with E-state index in [2.05, 4.69) is 39.9 Å². The number of fused-ring (bicyclic) bond motifs is 2. The second-order valence-electron chi connectivity index (χ2n) is 8.65. The predicted molar refractivity (Wildman–Crippen MR) is 72.9 cm³/mol. The molecule has 3 aliphatic rings. The molecule has 4 atom stereocenters. The van der Waals surface area contributed by atoms with Crippen molar-refractivity contribution in [2.45, 2.75) is 66.3 Å². The molecule has 1 nitrogen and oxygen atoms in total. The van der Waals surface area contributed by atoms with Gasteiger partial charge in [0.25, 0.3) is 0 Å². The van der Waals surface area contributed by atoms with Crippen LogP contribution >= 0.6 is 0 Å². The van der Waals surface area contributed by atoms with Crippen molar-refractivity contribution >= 4 is 0 Å². The molecule has 0 radical (unpaired) electrons. The zero-order valence-corrected chi connectivity index (χ0v) is 12.3. The van der Waals surface area contributed by atoms with Crippen molar-refractivity contribution < 1.29 is 0 Å². The van der Waals surface area contributed by atoms with Crippen LogP contribution in [0.4, 0.5) is 0 Å². The Balaban J connectivity index is 1.66. The van der Waals surface area contributed by atoms with Crippen LogP contribution in [0.1, 0.15) is 60.3 Å². The van der Waals surface area contributed by atoms with E-state index < -0.39 is 0 Å². The molecule has 2 bridgehead atoms. The quantitative estimate of drug-likeness (QED) is 0.784. The summed E-state index contributed by atoms with van der Waals surface area (Å²) in [6.07, 6.45) is 5.81. The molecular formula is C16H29N. The lowest BCUT2D eigenvalue weighted by molar-refractivity contribution is 0.107. The maximum absolute atomic E-state index is 3.96. The van der Waals surface area contributed by atoms with Crippen molar-refractivity contribution in [3.63, 3.8) is 0 Å². The normalized spacial score (nSPS) is 49.6. The first-order chi connectivity index (χ1) is 7.76. The van der Waals surface area contributed by atoms with Gasteiger partial charge in [0.1, 0.15) is 0 Å². The molecule has 17 heavy (non-hydrogen) atoms. The van der Waals surface area contributed by atoms with Crippen molar-refractivity contribution in [3.8, 4) is 0 Å². The van der Waals surface area contributed by atoms with Gasteiger partial charge in [-0.1, -0.05) is 34.6 Å². The van der Waals surface area contributed by atoms with Gasteiger partial charge in [0.15, 0.2) is 0 Å². The zero-order chi connectivity index (χ0) is 12.5. The molecule has 1 heteroatoms. The van der Waals surface area contributed by atoms with E-state index in [1.807, 2.05) is 0 Å². The smallest absolute Gasteiger partial charge is 0.0175 e. The van der Waals surface area contributed by atoms with Crippen LogP contribution in [0, 0.1) is 28.1 Å². The van der Waals surface area contributed by atoms with Crippen LogP contribution in [0.15, 0.2) is 0 Å². The highest BCUT2D eigenvalue weighted by Gasteiger charge is 2.59. The summed E-state index contributed by atoms with van der Waals surface area (Å²) in [6, 6.07) is 0.755. The molecule has 1 N–H and O–H groups in total. The minimum atomic E-state index is 0.520. The molecule has 0 saturated heterocycles. The number of hydrogen-bond donors (Lipinski definition) is 1. The number of nitrogens with one attached hydrogen (secondary N) is 1. The Hall–Kier alpha value is -0.0400. The minimum absolute atomic E-state index is 0.520. The highest BCUT2D eigenvalue weighted by Crippen LogP contribution is 2.62. The summed E-state index contributed by atoms with van der Waals surface area (Å²) in [6.45, 7) is 13.6. The van der Waals surface area contributed by atoms with Crippen LogP contribution in [0.2, 0.25) is 0 Å². The van der Waals surface area contributed by atoms with Gasteiger partial charge in [-0.3, -0.25) is 0 Å². The van der Waals surface area contributed by atoms with Gasteiger partial charge in [0.2, 0.25) is 0 Å². The average molecular weight is 235 g/mol. The fourth-order valence-corrected chi connectivity index (χ4v) is 5.00. The summed E-state index contributed by atoms with van der Waals surface area (Å²) in [5, 5.41) is 3.96. The molecule has 0 aromatic heterocycles. The number of hydrogen-bond acceptors (Lipinski definition) is 1. The molecule has 0 heterocycles. The zero-order valence-electron chi connectivity index (χ0n) is 12.3. The highest BCUT2D eigenvalue weighted by atomic mass is 15.0. The maximum atomic E-state index is 3.96. The van der Waals surface area contributed by atoms with E-state index in [-0.39, 0.29) is 0 Å². The second-order valence-corrected chi connectivity index (χ2v) is 8.65. The summed E-state index contributed by atoms with van der Waals surface area (Å²) >= 11 is 0. The van der Waals surface area contributed by atoms with Crippen LogP contribution in [0.25, 0.3) is 0 Å². The van der Waals surface area contributed by atoms with Crippen LogP contribution in [-0.2, 0) is 0 Å². The van der Waals surface area contributed by atoms with Crippen LogP contribution in [-0.4, -0.2) is 12.6 Å². The van der Waals surface area contributed by atoms with Gasteiger partial charge in [0.05, 0.1) is 0 Å². The third-order valence-electron chi connectivity index (χ3n) is 6.56. The van der Waals surface area contributed by atoms with Crippen LogP contribution < -0.4 is 5.32 Å². The first-order valence-corrected chi connectivity index (χ1v) is 7.49. The van der Waals surface area contributed by atoms with Gasteiger partial charge in [-0.15, -0.1) is 0 Å². The Bertz CT molecular complexity index is 326. The van der Waals surface area contributed by atoms with Crippen molar-refractivity contribution in [1.29, 1.82) is 0 Å². The topological polar surface area (TPSA) is 12.0 Å². The minimum Gasteiger partial charge on any atom is -0.313 e. The monoisotopic (exact) mass is 235 g/mol. The number of rotatable bonds is 3. The first kappa shape index (κ1) is 12.0.